The van der Waals surface area contributed by atoms with Crippen LogP contribution in [0.2, 0.25) is 0 Å². The zero-order valence-electron chi connectivity index (χ0n) is 25.1. The Labute approximate surface area is 255 Å². The molecular formula is C30H32F4N8O3. The van der Waals surface area contributed by atoms with Crippen molar-refractivity contribution >= 4 is 29.0 Å². The Bertz CT molecular complexity index is 1830. The van der Waals surface area contributed by atoms with Gasteiger partial charge in [0.15, 0.2) is 5.82 Å². The first-order chi connectivity index (χ1) is 21.2. The number of fused-ring (bicyclic) bond motifs is 2. The van der Waals surface area contributed by atoms with Crippen LogP contribution in [0, 0.1) is 11.2 Å². The van der Waals surface area contributed by atoms with Crippen molar-refractivity contribution in [3.05, 3.63) is 53.5 Å². The number of hydrogen-bond donors (Lipinski definition) is 2. The van der Waals surface area contributed by atoms with Gasteiger partial charge in [-0.25, -0.2) is 14.4 Å². The highest BCUT2D eigenvalue weighted by atomic mass is 19.4. The summed E-state index contributed by atoms with van der Waals surface area (Å²) in [4.78, 5) is 36.9. The lowest BCUT2D eigenvalue weighted by molar-refractivity contribution is -0.143. The van der Waals surface area contributed by atoms with Gasteiger partial charge in [0.1, 0.15) is 40.1 Å². The van der Waals surface area contributed by atoms with E-state index in [0.29, 0.717) is 35.1 Å². The van der Waals surface area contributed by atoms with Crippen LogP contribution in [-0.4, -0.2) is 60.1 Å². The van der Waals surface area contributed by atoms with E-state index in [1.165, 1.54) is 12.3 Å². The van der Waals surface area contributed by atoms with Gasteiger partial charge in [0.2, 0.25) is 5.91 Å². The lowest BCUT2D eigenvalue weighted by atomic mass is 9.79. The number of aromatic nitrogens is 5. The molecule has 2 atom stereocenters. The molecule has 2 saturated heterocycles. The third kappa shape index (κ3) is 5.23. The lowest BCUT2D eigenvalue weighted by Gasteiger charge is -2.39. The van der Waals surface area contributed by atoms with Gasteiger partial charge in [0.05, 0.1) is 12.2 Å². The Balaban J connectivity index is 1.39. The second-order valence-corrected chi connectivity index (χ2v) is 12.1. The van der Waals surface area contributed by atoms with Crippen molar-refractivity contribution in [3.63, 3.8) is 0 Å². The SMILES string of the molecule is CCOc1cc(C(=O)Nc2cc(C(F)(F)F)n(C)n2)cc(F)c1-c1nc([C@@H]2CC[C@@H]3N(C2)C(=O)CC3(C)C)n2ccnc(N)c12. The van der Waals surface area contributed by atoms with Gasteiger partial charge >= 0.3 is 6.18 Å². The van der Waals surface area contributed by atoms with Crippen molar-refractivity contribution in [1.82, 2.24) is 29.0 Å². The summed E-state index contributed by atoms with van der Waals surface area (Å²) in [6.45, 7) is 6.44. The van der Waals surface area contributed by atoms with Crippen LogP contribution < -0.4 is 15.8 Å². The van der Waals surface area contributed by atoms with Crippen molar-refractivity contribution in [1.29, 1.82) is 0 Å². The molecule has 238 valence electrons. The van der Waals surface area contributed by atoms with Crippen molar-refractivity contribution in [2.24, 2.45) is 12.5 Å². The number of carbonyl (C=O) groups is 2. The Kier molecular flexibility index (Phi) is 7.24. The van der Waals surface area contributed by atoms with Crippen molar-refractivity contribution in [3.8, 4) is 17.0 Å². The Hall–Kier alpha value is -4.69. The number of amides is 2. The predicted octanol–water partition coefficient (Wildman–Crippen LogP) is 5.03. The van der Waals surface area contributed by atoms with Crippen LogP contribution in [0.1, 0.15) is 67.8 Å². The first-order valence-corrected chi connectivity index (χ1v) is 14.5. The average Bonchev–Trinajstić information content (AvgIpc) is 3.60. The molecule has 3 aromatic heterocycles. The van der Waals surface area contributed by atoms with Gasteiger partial charge < -0.3 is 20.7 Å². The zero-order valence-corrected chi connectivity index (χ0v) is 25.1. The largest absolute Gasteiger partial charge is 0.493 e. The van der Waals surface area contributed by atoms with E-state index in [1.807, 2.05) is 4.90 Å². The predicted molar refractivity (Wildman–Crippen MR) is 156 cm³/mol. The van der Waals surface area contributed by atoms with Gasteiger partial charge in [-0.2, -0.15) is 18.3 Å². The summed E-state index contributed by atoms with van der Waals surface area (Å²) >= 11 is 0. The minimum Gasteiger partial charge on any atom is -0.493 e. The number of ether oxygens (including phenoxy) is 1. The maximum atomic E-state index is 16.1. The summed E-state index contributed by atoms with van der Waals surface area (Å²) in [5.41, 5.74) is 5.35. The molecule has 45 heavy (non-hydrogen) atoms. The molecule has 2 fully saturated rings. The van der Waals surface area contributed by atoms with Gasteiger partial charge in [0, 0.05) is 56.0 Å². The molecule has 0 aliphatic carbocycles. The number of benzene rings is 1. The molecule has 5 heterocycles. The number of anilines is 2. The summed E-state index contributed by atoms with van der Waals surface area (Å²) < 4.78 is 63.8. The van der Waals surface area contributed by atoms with E-state index in [0.717, 1.165) is 26.0 Å². The number of nitrogens with one attached hydrogen (secondary N) is 1. The number of aryl methyl sites for hydroxylation is 1. The van der Waals surface area contributed by atoms with Crippen LogP contribution in [0.4, 0.5) is 29.2 Å². The number of alkyl halides is 3. The highest BCUT2D eigenvalue weighted by molar-refractivity contribution is 6.05. The van der Waals surface area contributed by atoms with E-state index in [4.69, 9.17) is 15.5 Å². The fourth-order valence-corrected chi connectivity index (χ4v) is 6.62. The molecule has 15 heteroatoms. The van der Waals surface area contributed by atoms with E-state index in [-0.39, 0.29) is 64.1 Å². The van der Waals surface area contributed by atoms with Crippen LogP contribution in [0.25, 0.3) is 16.8 Å². The highest BCUT2D eigenvalue weighted by Gasteiger charge is 2.48. The molecule has 0 bridgehead atoms. The monoisotopic (exact) mass is 628 g/mol. The number of rotatable bonds is 6. The fourth-order valence-electron chi connectivity index (χ4n) is 6.62. The van der Waals surface area contributed by atoms with Crippen LogP contribution >= 0.6 is 0 Å². The average molecular weight is 629 g/mol. The smallest absolute Gasteiger partial charge is 0.433 e. The van der Waals surface area contributed by atoms with Gasteiger partial charge in [-0.1, -0.05) is 13.8 Å². The van der Waals surface area contributed by atoms with E-state index in [1.54, 1.807) is 17.5 Å². The summed E-state index contributed by atoms with van der Waals surface area (Å²) in [5, 5.41) is 5.98. The molecule has 6 rings (SSSR count). The number of piperidine rings is 1. The zero-order chi connectivity index (χ0) is 32.4. The quantitative estimate of drug-likeness (QED) is 0.287. The van der Waals surface area contributed by atoms with Crippen LogP contribution in [0.5, 0.6) is 5.75 Å². The fraction of sp³-hybridized carbons (Fsp3) is 0.433. The number of nitrogens with two attached hydrogens (primary N) is 1. The van der Waals surface area contributed by atoms with Crippen molar-refractivity contribution in [2.45, 2.75) is 58.2 Å². The number of nitrogens with zero attached hydrogens (tertiary/aromatic N) is 6. The van der Waals surface area contributed by atoms with E-state index >= 15 is 4.39 Å². The van der Waals surface area contributed by atoms with Crippen molar-refractivity contribution < 1.29 is 31.9 Å². The number of hydrogen-bond acceptors (Lipinski definition) is 7. The third-order valence-electron chi connectivity index (χ3n) is 8.65. The van der Waals surface area contributed by atoms with Crippen LogP contribution in [0.15, 0.2) is 30.6 Å². The molecule has 0 saturated carbocycles. The molecule has 1 aromatic carbocycles. The summed E-state index contributed by atoms with van der Waals surface area (Å²) in [5.74, 6) is -1.51. The second kappa shape index (κ2) is 10.7. The molecule has 2 aliphatic rings. The van der Waals surface area contributed by atoms with Gasteiger partial charge in [-0.3, -0.25) is 18.7 Å². The Morgan fingerprint density at radius 1 is 1.22 bits per heavy atom. The maximum Gasteiger partial charge on any atom is 0.433 e. The normalized spacial score (nSPS) is 19.6. The summed E-state index contributed by atoms with van der Waals surface area (Å²) in [6.07, 6.45) is 0.536. The van der Waals surface area contributed by atoms with Gasteiger partial charge in [-0.05, 0) is 37.3 Å². The number of imidazole rings is 1. The molecule has 2 aliphatic heterocycles. The molecule has 2 amide bonds. The molecule has 0 radical (unpaired) electrons. The lowest BCUT2D eigenvalue weighted by Crippen LogP contribution is -2.44. The molecule has 0 unspecified atom stereocenters. The minimum atomic E-state index is -4.68. The summed E-state index contributed by atoms with van der Waals surface area (Å²) in [7, 11) is 1.10. The molecule has 11 nitrogen and oxygen atoms in total. The van der Waals surface area contributed by atoms with Crippen molar-refractivity contribution in [2.75, 3.05) is 24.2 Å². The van der Waals surface area contributed by atoms with Gasteiger partial charge in [0.25, 0.3) is 5.91 Å². The third-order valence-corrected chi connectivity index (χ3v) is 8.65. The topological polar surface area (TPSA) is 133 Å². The molecular weight excluding hydrogens is 596 g/mol. The summed E-state index contributed by atoms with van der Waals surface area (Å²) in [6, 6.07) is 3.06. The van der Waals surface area contributed by atoms with E-state index < -0.39 is 23.6 Å². The van der Waals surface area contributed by atoms with E-state index in [2.05, 4.69) is 29.2 Å². The van der Waals surface area contributed by atoms with Crippen LogP contribution in [-0.2, 0) is 18.0 Å². The number of carbonyl (C=O) groups excluding carboxylic acids is 2. The van der Waals surface area contributed by atoms with E-state index in [9.17, 15) is 22.8 Å². The number of nitrogen functional groups attached to an aromatic ring is 1. The first kappa shape index (κ1) is 30.3. The van der Waals surface area contributed by atoms with Crippen LogP contribution in [0.3, 0.4) is 0 Å². The standard InChI is InChI=1S/C30H32F4N8O3/c1-5-45-18-11-16(28(44)37-21-12-20(30(32,33)34)40(4)39-21)10-17(31)23(18)24-25-26(35)36-8-9-41(25)27(38-24)15-6-7-19-29(2,3)13-22(43)42(19)14-15/h8-12,15,19H,5-7,13-14H2,1-4H3,(H2,35,36)(H,37,39,44)/t15-,19+/m1/s1. The number of halogens is 4. The molecule has 0 spiro atoms. The highest BCUT2D eigenvalue weighted by Crippen LogP contribution is 2.46. The Morgan fingerprint density at radius 3 is 2.67 bits per heavy atom. The second-order valence-electron chi connectivity index (χ2n) is 12.1. The molecule has 3 N–H and O–H groups in total. The molecule has 4 aromatic rings. The Morgan fingerprint density at radius 2 is 1.98 bits per heavy atom. The maximum absolute atomic E-state index is 16.1. The first-order valence-electron chi connectivity index (χ1n) is 14.5. The minimum absolute atomic E-state index is 0.0189. The van der Waals surface area contributed by atoms with Gasteiger partial charge in [-0.15, -0.1) is 0 Å².